The molecule has 3 amide bonds. The van der Waals surface area contributed by atoms with Crippen LogP contribution < -0.4 is 15.5 Å². The second-order valence-electron chi connectivity index (χ2n) is 7.89. The van der Waals surface area contributed by atoms with E-state index >= 15 is 0 Å². The number of anilines is 1. The molecule has 2 N–H and O–H groups in total. The summed E-state index contributed by atoms with van der Waals surface area (Å²) in [4.78, 5) is 47.3. The van der Waals surface area contributed by atoms with Crippen molar-refractivity contribution in [3.63, 3.8) is 0 Å². The first-order valence-corrected chi connectivity index (χ1v) is 11.7. The number of oxime groups is 1. The van der Waals surface area contributed by atoms with Gasteiger partial charge in [-0.3, -0.25) is 15.0 Å². The van der Waals surface area contributed by atoms with Gasteiger partial charge >= 0.3 is 6.09 Å². The molecule has 0 saturated heterocycles. The number of hydrogen-bond donors (Lipinski definition) is 2. The summed E-state index contributed by atoms with van der Waals surface area (Å²) in [5.74, 6) is -1.84. The van der Waals surface area contributed by atoms with E-state index < -0.39 is 30.9 Å². The molecule has 2 aromatic heterocycles. The zero-order valence-electron chi connectivity index (χ0n) is 21.6. The predicted octanol–water partition coefficient (Wildman–Crippen LogP) is 3.45. The molecule has 0 spiro atoms. The maximum Gasteiger partial charge on any atom is 0.428 e. The monoisotopic (exact) mass is 579 g/mol. The zero-order valence-corrected chi connectivity index (χ0v) is 22.4. The number of amides is 3. The SMILES string of the molecule is CO/N=C\c1cc(C)c(NC(=O)c2cc(OCC(F)F)nn2-c2ncccc2Cl)c(C(=O)NN(C)C(=O)OC)c1. The van der Waals surface area contributed by atoms with Crippen molar-refractivity contribution < 1.29 is 37.5 Å². The summed E-state index contributed by atoms with van der Waals surface area (Å²) >= 11 is 6.24. The third kappa shape index (κ3) is 7.19. The highest BCUT2D eigenvalue weighted by atomic mass is 35.5. The lowest BCUT2D eigenvalue weighted by Gasteiger charge is -2.19. The minimum absolute atomic E-state index is 0.0294. The third-order valence-electron chi connectivity index (χ3n) is 5.08. The Morgan fingerprint density at radius 1 is 1.23 bits per heavy atom. The minimum Gasteiger partial charge on any atom is -0.471 e. The summed E-state index contributed by atoms with van der Waals surface area (Å²) in [6, 6.07) is 7.19. The van der Waals surface area contributed by atoms with Gasteiger partial charge in [0.05, 0.1) is 29.6 Å². The van der Waals surface area contributed by atoms with Gasteiger partial charge in [-0.05, 0) is 42.3 Å². The highest BCUT2D eigenvalue weighted by Crippen LogP contribution is 2.26. The van der Waals surface area contributed by atoms with Crippen molar-refractivity contribution in [1.29, 1.82) is 0 Å². The second-order valence-corrected chi connectivity index (χ2v) is 8.30. The van der Waals surface area contributed by atoms with Gasteiger partial charge in [-0.25, -0.2) is 28.3 Å². The van der Waals surface area contributed by atoms with E-state index in [0.29, 0.717) is 11.1 Å². The lowest BCUT2D eigenvalue weighted by molar-refractivity contribution is 0.0767. The Morgan fingerprint density at radius 3 is 2.62 bits per heavy atom. The zero-order chi connectivity index (χ0) is 29.4. The minimum atomic E-state index is -2.78. The average molecular weight is 580 g/mol. The molecule has 1 aromatic carbocycles. The molecule has 0 aliphatic heterocycles. The van der Waals surface area contributed by atoms with Gasteiger partial charge < -0.3 is 19.6 Å². The van der Waals surface area contributed by atoms with Crippen molar-refractivity contribution in [2.24, 2.45) is 5.16 Å². The number of benzene rings is 1. The average Bonchev–Trinajstić information content (AvgIpc) is 3.35. The Balaban J connectivity index is 2.06. The largest absolute Gasteiger partial charge is 0.471 e. The second kappa shape index (κ2) is 13.3. The molecular formula is C24H24ClF2N7O6. The summed E-state index contributed by atoms with van der Waals surface area (Å²) in [5.41, 5.74) is 3.03. The standard InChI is InChI=1S/C24H24ClF2N7O6/c1-13-8-14(11-29-39-4)9-15(22(35)32-33(2)24(37)38-3)20(13)30-23(36)17-10-19(40-12-18(26)27)31-34(17)21-16(25)6-5-7-28-21/h5-11,18H,12H2,1-4H3,(H,30,36)(H,32,35)/b29-11-. The number of ether oxygens (including phenoxy) is 2. The van der Waals surface area contributed by atoms with Crippen LogP contribution in [0.5, 0.6) is 5.88 Å². The normalized spacial score (nSPS) is 10.9. The number of nitrogens with zero attached hydrogens (tertiary/aromatic N) is 5. The fourth-order valence-corrected chi connectivity index (χ4v) is 3.56. The third-order valence-corrected chi connectivity index (χ3v) is 5.38. The van der Waals surface area contributed by atoms with Crippen molar-refractivity contribution >= 4 is 41.4 Å². The number of pyridine rings is 1. The first kappa shape index (κ1) is 29.8. The number of nitrogens with one attached hydrogen (secondary N) is 2. The van der Waals surface area contributed by atoms with Gasteiger partial charge in [0.15, 0.2) is 12.4 Å². The van der Waals surface area contributed by atoms with E-state index in [1.54, 1.807) is 19.1 Å². The molecule has 3 aromatic rings. The van der Waals surface area contributed by atoms with E-state index in [1.165, 1.54) is 38.7 Å². The molecule has 16 heteroatoms. The van der Waals surface area contributed by atoms with Crippen LogP contribution in [0.25, 0.3) is 5.82 Å². The van der Waals surface area contributed by atoms with E-state index in [0.717, 1.165) is 22.9 Å². The summed E-state index contributed by atoms with van der Waals surface area (Å²) in [5, 5.41) is 11.3. The summed E-state index contributed by atoms with van der Waals surface area (Å²) in [6.07, 6.45) is -0.896. The Bertz CT molecular complexity index is 1430. The highest BCUT2D eigenvalue weighted by Gasteiger charge is 2.25. The van der Waals surface area contributed by atoms with Gasteiger partial charge in [0.2, 0.25) is 5.88 Å². The maximum atomic E-state index is 13.5. The first-order chi connectivity index (χ1) is 19.0. The molecule has 0 atom stereocenters. The van der Waals surface area contributed by atoms with E-state index in [1.807, 2.05) is 0 Å². The number of hydrogen-bond acceptors (Lipinski definition) is 9. The molecule has 0 bridgehead atoms. The molecule has 0 radical (unpaired) electrons. The van der Waals surface area contributed by atoms with Gasteiger partial charge in [0.1, 0.15) is 12.8 Å². The summed E-state index contributed by atoms with van der Waals surface area (Å²) in [6.45, 7) is 0.653. The quantitative estimate of drug-likeness (QED) is 0.289. The van der Waals surface area contributed by atoms with Gasteiger partial charge in [-0.15, -0.1) is 5.10 Å². The van der Waals surface area contributed by atoms with Crippen molar-refractivity contribution in [3.8, 4) is 11.7 Å². The Kier molecular flexibility index (Phi) is 9.92. The van der Waals surface area contributed by atoms with Crippen LogP contribution >= 0.6 is 11.6 Å². The van der Waals surface area contributed by atoms with Gasteiger partial charge in [-0.1, -0.05) is 16.8 Å². The molecule has 3 rings (SSSR count). The topological polar surface area (TPSA) is 149 Å². The molecule has 0 aliphatic carbocycles. The number of halogens is 3. The van der Waals surface area contributed by atoms with E-state index in [-0.39, 0.29) is 33.7 Å². The number of alkyl halides is 2. The Hall–Kier alpha value is -4.79. The molecule has 13 nitrogen and oxygen atoms in total. The van der Waals surface area contributed by atoms with Crippen LogP contribution in [0.4, 0.5) is 19.3 Å². The fourth-order valence-electron chi connectivity index (χ4n) is 3.36. The summed E-state index contributed by atoms with van der Waals surface area (Å²) < 4.78 is 36.1. The van der Waals surface area contributed by atoms with Crippen molar-refractivity contribution in [3.05, 3.63) is 63.9 Å². The molecule has 0 aliphatic rings. The summed E-state index contributed by atoms with van der Waals surface area (Å²) in [7, 11) is 3.74. The number of carbonyl (C=O) groups excluding carboxylic acids is 3. The van der Waals surface area contributed by atoms with Crippen LogP contribution in [0, 0.1) is 6.92 Å². The first-order valence-electron chi connectivity index (χ1n) is 11.3. The lowest BCUT2D eigenvalue weighted by Crippen LogP contribution is -2.43. The lowest BCUT2D eigenvalue weighted by atomic mass is 10.0. The fraction of sp³-hybridized carbons (Fsp3) is 0.250. The molecule has 212 valence electrons. The number of hydrazine groups is 1. The number of carbonyl (C=O) groups is 3. The van der Waals surface area contributed by atoms with Gasteiger partial charge in [0, 0.05) is 19.3 Å². The van der Waals surface area contributed by atoms with Crippen LogP contribution in [0.3, 0.4) is 0 Å². The molecule has 2 heterocycles. The molecule has 0 fully saturated rings. The van der Waals surface area contributed by atoms with Crippen molar-refractivity contribution in [2.45, 2.75) is 13.3 Å². The Labute approximate surface area is 231 Å². The van der Waals surface area contributed by atoms with E-state index in [9.17, 15) is 23.2 Å². The van der Waals surface area contributed by atoms with Crippen molar-refractivity contribution in [1.82, 2.24) is 25.2 Å². The van der Waals surface area contributed by atoms with E-state index in [2.05, 4.69) is 30.7 Å². The van der Waals surface area contributed by atoms with Gasteiger partial charge in [0.25, 0.3) is 18.2 Å². The predicted molar refractivity (Wildman–Crippen MR) is 139 cm³/mol. The molecule has 0 saturated carbocycles. The Morgan fingerprint density at radius 2 is 1.98 bits per heavy atom. The van der Waals surface area contributed by atoms with Crippen LogP contribution in [0.15, 0.2) is 41.7 Å². The maximum absolute atomic E-state index is 13.5. The molecular weight excluding hydrogens is 556 g/mol. The molecule has 40 heavy (non-hydrogen) atoms. The smallest absolute Gasteiger partial charge is 0.428 e. The van der Waals surface area contributed by atoms with Crippen molar-refractivity contribution in [2.75, 3.05) is 33.2 Å². The number of methoxy groups -OCH3 is 1. The molecule has 0 unspecified atom stereocenters. The van der Waals surface area contributed by atoms with Crippen LogP contribution in [0.2, 0.25) is 5.02 Å². The van der Waals surface area contributed by atoms with E-state index in [4.69, 9.17) is 21.2 Å². The number of aryl methyl sites for hydroxylation is 1. The number of rotatable bonds is 9. The highest BCUT2D eigenvalue weighted by molar-refractivity contribution is 6.32. The van der Waals surface area contributed by atoms with Gasteiger partial charge in [-0.2, -0.15) is 0 Å². The van der Waals surface area contributed by atoms with Crippen LogP contribution in [0.1, 0.15) is 32.0 Å². The van der Waals surface area contributed by atoms with Crippen LogP contribution in [-0.4, -0.2) is 78.2 Å². The number of aromatic nitrogens is 3. The van der Waals surface area contributed by atoms with Crippen LogP contribution in [-0.2, 0) is 9.57 Å².